The zero-order valence-electron chi connectivity index (χ0n) is 6.70. The van der Waals surface area contributed by atoms with Crippen LogP contribution in [0.1, 0.15) is 19.3 Å². The topological polar surface area (TPSA) is 58.7 Å². The Morgan fingerprint density at radius 2 is 2.09 bits per heavy atom. The molecule has 1 heterocycles. The van der Waals surface area contributed by atoms with Gasteiger partial charge in [0.05, 0.1) is 0 Å². The van der Waals surface area contributed by atoms with Crippen LogP contribution in [0.15, 0.2) is 0 Å². The lowest BCUT2D eigenvalue weighted by Gasteiger charge is -2.28. The smallest absolute Gasteiger partial charge is 0.0433 e. The number of aliphatic hydroxyl groups excluding tert-OH is 1. The van der Waals surface area contributed by atoms with Crippen molar-refractivity contribution in [3.05, 3.63) is 0 Å². The van der Waals surface area contributed by atoms with Crippen molar-refractivity contribution in [2.75, 3.05) is 19.7 Å². The highest BCUT2D eigenvalue weighted by atomic mass is 16.8. The molecule has 4 nitrogen and oxygen atoms in total. The van der Waals surface area contributed by atoms with E-state index in [2.05, 4.69) is 4.94 Å². The van der Waals surface area contributed by atoms with Crippen molar-refractivity contribution >= 4 is 0 Å². The molecule has 0 bridgehead atoms. The lowest BCUT2D eigenvalue weighted by atomic mass is 9.95. The molecular weight excluding hydrogens is 144 g/mol. The monoisotopic (exact) mass is 160 g/mol. The van der Waals surface area contributed by atoms with E-state index in [1.54, 1.807) is 5.06 Å². The van der Waals surface area contributed by atoms with Gasteiger partial charge in [0, 0.05) is 19.7 Å². The second-order valence-electron chi connectivity index (χ2n) is 2.99. The highest BCUT2D eigenvalue weighted by Gasteiger charge is 2.18. The van der Waals surface area contributed by atoms with Crippen LogP contribution >= 0.6 is 0 Å². The first-order chi connectivity index (χ1) is 5.36. The van der Waals surface area contributed by atoms with Gasteiger partial charge < -0.3 is 5.11 Å². The van der Waals surface area contributed by atoms with Crippen LogP contribution in [0, 0.1) is 5.92 Å². The van der Waals surface area contributed by atoms with E-state index < -0.39 is 0 Å². The molecule has 0 aliphatic carbocycles. The van der Waals surface area contributed by atoms with Crippen LogP contribution < -0.4 is 5.90 Å². The molecule has 0 radical (unpaired) electrons. The molecule has 0 spiro atoms. The standard InChI is InChI=1S/C7H16N2O2/c8-11-9-4-1-7(2-5-9)3-6-10/h7,10H,1-6,8H2. The molecule has 0 aromatic rings. The number of hydrogen-bond acceptors (Lipinski definition) is 4. The Hall–Kier alpha value is -0.160. The molecule has 0 saturated carbocycles. The second-order valence-corrected chi connectivity index (χ2v) is 2.99. The first kappa shape index (κ1) is 8.93. The molecule has 1 aliphatic heterocycles. The fourth-order valence-corrected chi connectivity index (χ4v) is 1.49. The first-order valence-electron chi connectivity index (χ1n) is 4.09. The van der Waals surface area contributed by atoms with E-state index in [0.29, 0.717) is 12.5 Å². The quantitative estimate of drug-likeness (QED) is 0.565. The fraction of sp³-hybridized carbons (Fsp3) is 1.00. The Morgan fingerprint density at radius 3 is 2.55 bits per heavy atom. The lowest BCUT2D eigenvalue weighted by Crippen LogP contribution is -2.35. The summed E-state index contributed by atoms with van der Waals surface area (Å²) in [4.78, 5) is 4.59. The molecule has 1 fully saturated rings. The maximum Gasteiger partial charge on any atom is 0.0433 e. The average molecular weight is 160 g/mol. The van der Waals surface area contributed by atoms with Gasteiger partial charge in [0.15, 0.2) is 0 Å². The maximum absolute atomic E-state index is 8.67. The fourth-order valence-electron chi connectivity index (χ4n) is 1.49. The molecule has 4 heteroatoms. The molecule has 0 unspecified atom stereocenters. The molecule has 11 heavy (non-hydrogen) atoms. The van der Waals surface area contributed by atoms with Gasteiger partial charge in [-0.05, 0) is 25.2 Å². The van der Waals surface area contributed by atoms with Crippen LogP contribution in [0.5, 0.6) is 0 Å². The number of hydrogen-bond donors (Lipinski definition) is 2. The first-order valence-corrected chi connectivity index (χ1v) is 4.09. The average Bonchev–Trinajstić information content (AvgIpc) is 2.07. The Morgan fingerprint density at radius 1 is 1.45 bits per heavy atom. The van der Waals surface area contributed by atoms with Gasteiger partial charge in [-0.2, -0.15) is 11.0 Å². The van der Waals surface area contributed by atoms with Crippen molar-refractivity contribution in [1.29, 1.82) is 0 Å². The summed E-state index contributed by atoms with van der Waals surface area (Å²) in [7, 11) is 0. The van der Waals surface area contributed by atoms with Crippen LogP contribution in [0.2, 0.25) is 0 Å². The SMILES string of the molecule is NON1CCC(CCO)CC1. The number of piperidine rings is 1. The predicted molar refractivity (Wildman–Crippen MR) is 41.3 cm³/mol. The van der Waals surface area contributed by atoms with Gasteiger partial charge in [-0.15, -0.1) is 0 Å². The number of nitrogens with zero attached hydrogens (tertiary/aromatic N) is 1. The van der Waals surface area contributed by atoms with E-state index >= 15 is 0 Å². The summed E-state index contributed by atoms with van der Waals surface area (Å²) in [5.41, 5.74) is 0. The predicted octanol–water partition coefficient (Wildman–Crippen LogP) is -0.114. The van der Waals surface area contributed by atoms with Crippen molar-refractivity contribution in [2.24, 2.45) is 11.8 Å². The largest absolute Gasteiger partial charge is 0.396 e. The Labute approximate surface area is 66.8 Å². The van der Waals surface area contributed by atoms with Crippen molar-refractivity contribution in [1.82, 2.24) is 5.06 Å². The molecule has 1 rings (SSSR count). The third-order valence-corrected chi connectivity index (χ3v) is 2.26. The molecule has 1 aliphatic rings. The molecule has 0 aromatic heterocycles. The van der Waals surface area contributed by atoms with Crippen LogP contribution in [0.3, 0.4) is 0 Å². The van der Waals surface area contributed by atoms with E-state index in [1.807, 2.05) is 0 Å². The number of nitrogens with two attached hydrogens (primary N) is 1. The molecule has 0 aromatic carbocycles. The minimum absolute atomic E-state index is 0.300. The Bertz CT molecular complexity index is 103. The van der Waals surface area contributed by atoms with Crippen molar-refractivity contribution in [3.8, 4) is 0 Å². The molecule has 1 saturated heterocycles. The summed E-state index contributed by atoms with van der Waals surface area (Å²) in [6.07, 6.45) is 3.08. The van der Waals surface area contributed by atoms with E-state index in [0.717, 1.165) is 32.4 Å². The summed E-state index contributed by atoms with van der Waals surface area (Å²) in [5.74, 6) is 5.66. The van der Waals surface area contributed by atoms with Gasteiger partial charge >= 0.3 is 0 Å². The van der Waals surface area contributed by atoms with Gasteiger partial charge in [0.25, 0.3) is 0 Å². The van der Waals surface area contributed by atoms with Gasteiger partial charge in [0.2, 0.25) is 0 Å². The van der Waals surface area contributed by atoms with Crippen molar-refractivity contribution < 1.29 is 10.0 Å². The van der Waals surface area contributed by atoms with E-state index in [1.165, 1.54) is 0 Å². The summed E-state index contributed by atoms with van der Waals surface area (Å²) in [5, 5.41) is 10.4. The van der Waals surface area contributed by atoms with Crippen LogP contribution in [0.4, 0.5) is 0 Å². The Kier molecular flexibility index (Phi) is 3.79. The van der Waals surface area contributed by atoms with Gasteiger partial charge in [-0.25, -0.2) is 4.94 Å². The van der Waals surface area contributed by atoms with Crippen LogP contribution in [-0.2, 0) is 4.94 Å². The number of hydroxylamine groups is 2. The zero-order chi connectivity index (χ0) is 8.10. The molecule has 3 N–H and O–H groups in total. The lowest BCUT2D eigenvalue weighted by molar-refractivity contribution is -0.178. The molecule has 0 amide bonds. The van der Waals surface area contributed by atoms with Crippen LogP contribution in [-0.4, -0.2) is 29.9 Å². The van der Waals surface area contributed by atoms with Gasteiger partial charge in [-0.1, -0.05) is 0 Å². The van der Waals surface area contributed by atoms with Gasteiger partial charge in [0.1, 0.15) is 0 Å². The third-order valence-electron chi connectivity index (χ3n) is 2.26. The van der Waals surface area contributed by atoms with Gasteiger partial charge in [-0.3, -0.25) is 0 Å². The summed E-state index contributed by atoms with van der Waals surface area (Å²) >= 11 is 0. The molecular formula is C7H16N2O2. The molecule has 0 atom stereocenters. The third kappa shape index (κ3) is 2.75. The van der Waals surface area contributed by atoms with Crippen molar-refractivity contribution in [2.45, 2.75) is 19.3 Å². The minimum atomic E-state index is 0.300. The molecule has 66 valence electrons. The normalized spacial score (nSPS) is 22.4. The van der Waals surface area contributed by atoms with Crippen LogP contribution in [0.25, 0.3) is 0 Å². The zero-order valence-corrected chi connectivity index (χ0v) is 6.70. The van der Waals surface area contributed by atoms with E-state index in [-0.39, 0.29) is 0 Å². The van der Waals surface area contributed by atoms with E-state index in [4.69, 9.17) is 11.0 Å². The maximum atomic E-state index is 8.67. The van der Waals surface area contributed by atoms with Crippen molar-refractivity contribution in [3.63, 3.8) is 0 Å². The highest BCUT2D eigenvalue weighted by Crippen LogP contribution is 2.19. The Balaban J connectivity index is 2.14. The number of rotatable bonds is 3. The van der Waals surface area contributed by atoms with E-state index in [9.17, 15) is 0 Å². The second kappa shape index (κ2) is 4.66. The summed E-state index contributed by atoms with van der Waals surface area (Å²) < 4.78 is 0. The summed E-state index contributed by atoms with van der Waals surface area (Å²) in [6.45, 7) is 2.08. The number of aliphatic hydroxyl groups is 1. The highest BCUT2D eigenvalue weighted by molar-refractivity contribution is 4.67. The minimum Gasteiger partial charge on any atom is -0.396 e. The summed E-state index contributed by atoms with van der Waals surface area (Å²) in [6, 6.07) is 0.